The van der Waals surface area contributed by atoms with Gasteiger partial charge in [0.1, 0.15) is 23.0 Å². The molecule has 0 radical (unpaired) electrons. The van der Waals surface area contributed by atoms with Crippen molar-refractivity contribution in [2.45, 2.75) is 18.6 Å². The third kappa shape index (κ3) is 7.48. The van der Waals surface area contributed by atoms with Gasteiger partial charge in [-0.3, -0.25) is 14.2 Å². The molecule has 0 atom stereocenters. The number of methoxy groups -OCH3 is 3. The second-order valence-corrected chi connectivity index (χ2v) is 9.43. The fourth-order valence-electron chi connectivity index (χ4n) is 3.89. The van der Waals surface area contributed by atoms with Crippen LogP contribution in [0.4, 0.5) is 5.69 Å². The van der Waals surface area contributed by atoms with E-state index in [1.807, 2.05) is 31.2 Å². The van der Waals surface area contributed by atoms with E-state index < -0.39 is 0 Å². The summed E-state index contributed by atoms with van der Waals surface area (Å²) in [5.41, 5.74) is 1.69. The molecule has 2 N–H and O–H groups in total. The van der Waals surface area contributed by atoms with Gasteiger partial charge in [0.25, 0.3) is 5.91 Å². The number of aromatic nitrogens is 3. The van der Waals surface area contributed by atoms with Gasteiger partial charge in [0, 0.05) is 17.3 Å². The van der Waals surface area contributed by atoms with Gasteiger partial charge in [-0.05, 0) is 55.5 Å². The minimum absolute atomic E-state index is 0.0579. The SMILES string of the molecule is CCOc1ccc(NC(=O)CSc2nnc(CNC(=O)c3cc(OC)cc(OC)c3)n2-c2ccccc2OC)cc1. The zero-order valence-electron chi connectivity index (χ0n) is 23.2. The molecule has 0 fully saturated rings. The monoisotopic (exact) mass is 577 g/mol. The molecule has 0 aliphatic carbocycles. The maximum absolute atomic E-state index is 13.0. The highest BCUT2D eigenvalue weighted by atomic mass is 32.2. The zero-order valence-corrected chi connectivity index (χ0v) is 24.0. The Hall–Kier alpha value is -4.71. The van der Waals surface area contributed by atoms with Gasteiger partial charge in [-0.25, -0.2) is 0 Å². The van der Waals surface area contributed by atoms with Crippen LogP contribution in [-0.2, 0) is 11.3 Å². The Labute approximate surface area is 242 Å². The molecule has 2 amide bonds. The third-order valence-electron chi connectivity index (χ3n) is 5.83. The predicted octanol–water partition coefficient (Wildman–Crippen LogP) is 4.35. The van der Waals surface area contributed by atoms with Crippen molar-refractivity contribution in [3.8, 4) is 28.7 Å². The van der Waals surface area contributed by atoms with Crippen molar-refractivity contribution in [2.75, 3.05) is 39.0 Å². The highest BCUT2D eigenvalue weighted by Gasteiger charge is 2.20. The molecule has 0 spiro atoms. The smallest absolute Gasteiger partial charge is 0.251 e. The van der Waals surface area contributed by atoms with E-state index in [2.05, 4.69) is 20.8 Å². The number of hydrogen-bond acceptors (Lipinski definition) is 9. The van der Waals surface area contributed by atoms with Crippen LogP contribution in [0, 0.1) is 0 Å². The zero-order chi connectivity index (χ0) is 29.2. The maximum atomic E-state index is 13.0. The minimum atomic E-state index is -0.347. The summed E-state index contributed by atoms with van der Waals surface area (Å²) in [7, 11) is 4.60. The molecule has 0 aliphatic heterocycles. The maximum Gasteiger partial charge on any atom is 0.251 e. The number of thioether (sulfide) groups is 1. The number of anilines is 1. The van der Waals surface area contributed by atoms with Gasteiger partial charge in [-0.15, -0.1) is 10.2 Å². The van der Waals surface area contributed by atoms with E-state index in [1.54, 1.807) is 54.1 Å². The normalized spacial score (nSPS) is 10.5. The lowest BCUT2D eigenvalue weighted by Crippen LogP contribution is -2.25. The average molecular weight is 578 g/mol. The average Bonchev–Trinajstić information content (AvgIpc) is 3.41. The van der Waals surface area contributed by atoms with Gasteiger partial charge in [0.05, 0.1) is 45.9 Å². The molecule has 4 aromatic rings. The van der Waals surface area contributed by atoms with Gasteiger partial charge < -0.3 is 29.6 Å². The van der Waals surface area contributed by atoms with Crippen molar-refractivity contribution in [3.63, 3.8) is 0 Å². The summed E-state index contributed by atoms with van der Waals surface area (Å²) in [6, 6.07) is 19.5. The second-order valence-electron chi connectivity index (χ2n) is 8.48. The molecule has 0 bridgehead atoms. The summed E-state index contributed by atoms with van der Waals surface area (Å²) in [6.07, 6.45) is 0. The van der Waals surface area contributed by atoms with E-state index >= 15 is 0 Å². The number of rotatable bonds is 13. The van der Waals surface area contributed by atoms with Crippen molar-refractivity contribution in [2.24, 2.45) is 0 Å². The van der Waals surface area contributed by atoms with E-state index in [-0.39, 0.29) is 24.1 Å². The van der Waals surface area contributed by atoms with E-state index in [4.69, 9.17) is 18.9 Å². The number of amides is 2. The molecule has 0 aliphatic rings. The fraction of sp³-hybridized carbons (Fsp3) is 0.241. The number of carbonyl (C=O) groups is 2. The number of ether oxygens (including phenoxy) is 4. The molecule has 1 aromatic heterocycles. The van der Waals surface area contributed by atoms with Crippen LogP contribution in [0.15, 0.2) is 71.9 Å². The Balaban J connectivity index is 1.52. The van der Waals surface area contributed by atoms with Crippen LogP contribution in [0.25, 0.3) is 5.69 Å². The minimum Gasteiger partial charge on any atom is -0.497 e. The van der Waals surface area contributed by atoms with Crippen molar-refractivity contribution in [3.05, 3.63) is 78.1 Å². The Morgan fingerprint density at radius 1 is 0.878 bits per heavy atom. The van der Waals surface area contributed by atoms with Crippen molar-refractivity contribution >= 4 is 29.3 Å². The van der Waals surface area contributed by atoms with E-state index in [1.165, 1.54) is 26.0 Å². The number of para-hydroxylation sites is 2. The van der Waals surface area contributed by atoms with Crippen LogP contribution in [-0.4, -0.2) is 60.3 Å². The molecule has 41 heavy (non-hydrogen) atoms. The fourth-order valence-corrected chi connectivity index (χ4v) is 4.66. The first kappa shape index (κ1) is 29.3. The van der Waals surface area contributed by atoms with E-state index in [0.29, 0.717) is 51.8 Å². The van der Waals surface area contributed by atoms with Crippen LogP contribution in [0.3, 0.4) is 0 Å². The summed E-state index contributed by atoms with van der Waals surface area (Å²) in [5, 5.41) is 14.8. The summed E-state index contributed by atoms with van der Waals surface area (Å²) < 4.78 is 23.3. The Morgan fingerprint density at radius 3 is 2.24 bits per heavy atom. The summed E-state index contributed by atoms with van der Waals surface area (Å²) in [5.74, 6) is 2.27. The molecular weight excluding hydrogens is 546 g/mol. The predicted molar refractivity (Wildman–Crippen MR) is 156 cm³/mol. The Morgan fingerprint density at radius 2 is 1.59 bits per heavy atom. The van der Waals surface area contributed by atoms with Crippen LogP contribution in [0.1, 0.15) is 23.1 Å². The lowest BCUT2D eigenvalue weighted by molar-refractivity contribution is -0.113. The van der Waals surface area contributed by atoms with Crippen LogP contribution in [0.2, 0.25) is 0 Å². The molecular formula is C29H31N5O6S. The number of carbonyl (C=O) groups excluding carboxylic acids is 2. The van der Waals surface area contributed by atoms with Gasteiger partial charge in [-0.1, -0.05) is 23.9 Å². The number of hydrogen-bond donors (Lipinski definition) is 2. The first-order valence-corrected chi connectivity index (χ1v) is 13.7. The van der Waals surface area contributed by atoms with Crippen LogP contribution >= 0.6 is 11.8 Å². The van der Waals surface area contributed by atoms with Crippen LogP contribution in [0.5, 0.6) is 23.0 Å². The van der Waals surface area contributed by atoms with Gasteiger partial charge >= 0.3 is 0 Å². The highest BCUT2D eigenvalue weighted by Crippen LogP contribution is 2.29. The number of nitrogens with zero attached hydrogens (tertiary/aromatic N) is 3. The Bertz CT molecular complexity index is 1470. The third-order valence-corrected chi connectivity index (χ3v) is 6.76. The molecule has 4 rings (SSSR count). The van der Waals surface area contributed by atoms with E-state index in [9.17, 15) is 9.59 Å². The summed E-state index contributed by atoms with van der Waals surface area (Å²) in [4.78, 5) is 25.7. The second kappa shape index (κ2) is 14.1. The molecule has 12 heteroatoms. The molecule has 0 saturated heterocycles. The molecule has 0 unspecified atom stereocenters. The highest BCUT2D eigenvalue weighted by molar-refractivity contribution is 7.99. The largest absolute Gasteiger partial charge is 0.497 e. The summed E-state index contributed by atoms with van der Waals surface area (Å²) in [6.45, 7) is 2.53. The van der Waals surface area contributed by atoms with Crippen molar-refractivity contribution in [1.82, 2.24) is 20.1 Å². The number of benzene rings is 3. The van der Waals surface area contributed by atoms with E-state index in [0.717, 1.165) is 5.75 Å². The molecule has 3 aromatic carbocycles. The Kier molecular flexibility index (Phi) is 10.1. The van der Waals surface area contributed by atoms with Gasteiger partial charge in [-0.2, -0.15) is 0 Å². The molecule has 0 saturated carbocycles. The standard InChI is InChI=1S/C29H31N5O6S/c1-5-40-21-12-10-20(11-13-21)31-27(35)18-41-29-33-32-26(34(29)24-8-6-7-9-25(24)39-4)17-30-28(36)19-14-22(37-2)16-23(15-19)38-3/h6-16H,5,17-18H2,1-4H3,(H,30,36)(H,31,35). The first-order chi connectivity index (χ1) is 19.9. The van der Waals surface area contributed by atoms with Crippen molar-refractivity contribution < 1.29 is 28.5 Å². The molecule has 1 heterocycles. The topological polar surface area (TPSA) is 126 Å². The molecule has 11 nitrogen and oxygen atoms in total. The lowest BCUT2D eigenvalue weighted by atomic mass is 10.2. The summed E-state index contributed by atoms with van der Waals surface area (Å²) >= 11 is 1.21. The van der Waals surface area contributed by atoms with Crippen molar-refractivity contribution in [1.29, 1.82) is 0 Å². The van der Waals surface area contributed by atoms with Gasteiger partial charge in [0.15, 0.2) is 11.0 Å². The number of nitrogens with one attached hydrogen (secondary N) is 2. The van der Waals surface area contributed by atoms with Crippen LogP contribution < -0.4 is 29.6 Å². The molecule has 214 valence electrons. The quantitative estimate of drug-likeness (QED) is 0.223. The van der Waals surface area contributed by atoms with Gasteiger partial charge in [0.2, 0.25) is 5.91 Å². The lowest BCUT2D eigenvalue weighted by Gasteiger charge is -2.14. The first-order valence-electron chi connectivity index (χ1n) is 12.7.